The number of amides is 1. The van der Waals surface area contributed by atoms with E-state index in [2.05, 4.69) is 32.7 Å². The number of nitrogens with zero attached hydrogens (tertiary/aromatic N) is 3. The number of thiophene rings is 1. The fraction of sp³-hybridized carbons (Fsp3) is 0.500. The molecule has 1 fully saturated rings. The van der Waals surface area contributed by atoms with Gasteiger partial charge in [-0.2, -0.15) is 0 Å². The van der Waals surface area contributed by atoms with Gasteiger partial charge in [-0.15, -0.1) is 11.3 Å². The molecule has 1 atom stereocenters. The lowest BCUT2D eigenvalue weighted by Crippen LogP contribution is -2.38. The van der Waals surface area contributed by atoms with Gasteiger partial charge in [0.2, 0.25) is 0 Å². The molecule has 26 heavy (non-hydrogen) atoms. The van der Waals surface area contributed by atoms with Crippen molar-refractivity contribution in [2.24, 2.45) is 0 Å². The average molecular weight is 373 g/mol. The highest BCUT2D eigenvalue weighted by Crippen LogP contribution is 2.27. The smallest absolute Gasteiger partial charge is 0.255 e. The number of nitrogens with one attached hydrogen (secondary N) is 1. The van der Waals surface area contributed by atoms with Gasteiger partial charge in [0.1, 0.15) is 5.82 Å². The molecule has 0 bridgehead atoms. The highest BCUT2D eigenvalue weighted by atomic mass is 32.1. The Morgan fingerprint density at radius 3 is 2.65 bits per heavy atom. The number of pyridine rings is 1. The molecule has 1 saturated heterocycles. The van der Waals surface area contributed by atoms with E-state index in [-0.39, 0.29) is 11.9 Å². The molecular formula is C20H28N4OS. The minimum Gasteiger partial charge on any atom is -0.362 e. The standard InChI is InChI=1S/C20H28N4OS/c1-23(2)19-16(9-7-11-21-19)20(25)22-15-17(18-10-8-14-26-18)24-12-5-3-4-6-13-24/h7-11,14,17H,3-6,12-13,15H2,1-2H3,(H,22,25). The Labute approximate surface area is 160 Å². The summed E-state index contributed by atoms with van der Waals surface area (Å²) in [7, 11) is 3.82. The highest BCUT2D eigenvalue weighted by Gasteiger charge is 2.24. The van der Waals surface area contributed by atoms with Crippen molar-refractivity contribution in [1.29, 1.82) is 0 Å². The van der Waals surface area contributed by atoms with Gasteiger partial charge in [-0.05, 0) is 49.5 Å². The van der Waals surface area contributed by atoms with E-state index < -0.39 is 0 Å². The van der Waals surface area contributed by atoms with Crippen molar-refractivity contribution in [2.45, 2.75) is 31.7 Å². The number of hydrogen-bond donors (Lipinski definition) is 1. The van der Waals surface area contributed by atoms with Crippen molar-refractivity contribution in [2.75, 3.05) is 38.6 Å². The molecule has 0 aliphatic carbocycles. The average Bonchev–Trinajstić information content (AvgIpc) is 3.04. The zero-order valence-corrected chi connectivity index (χ0v) is 16.5. The predicted molar refractivity (Wildman–Crippen MR) is 108 cm³/mol. The van der Waals surface area contributed by atoms with Crippen molar-refractivity contribution in [1.82, 2.24) is 15.2 Å². The van der Waals surface area contributed by atoms with Crippen molar-refractivity contribution in [3.05, 3.63) is 46.3 Å². The van der Waals surface area contributed by atoms with E-state index in [9.17, 15) is 4.79 Å². The summed E-state index contributed by atoms with van der Waals surface area (Å²) in [5.41, 5.74) is 0.623. The van der Waals surface area contributed by atoms with Crippen LogP contribution in [0, 0.1) is 0 Å². The van der Waals surface area contributed by atoms with Crippen LogP contribution in [-0.4, -0.2) is 49.5 Å². The van der Waals surface area contributed by atoms with Crippen molar-refractivity contribution in [3.8, 4) is 0 Å². The molecule has 0 radical (unpaired) electrons. The van der Waals surface area contributed by atoms with Gasteiger partial charge in [0.25, 0.3) is 5.91 Å². The Morgan fingerprint density at radius 2 is 2.00 bits per heavy atom. The number of hydrogen-bond acceptors (Lipinski definition) is 5. The van der Waals surface area contributed by atoms with E-state index in [1.54, 1.807) is 17.5 Å². The van der Waals surface area contributed by atoms with Gasteiger partial charge in [-0.25, -0.2) is 4.98 Å². The third-order valence-electron chi connectivity index (χ3n) is 4.86. The summed E-state index contributed by atoms with van der Waals surface area (Å²) in [6, 6.07) is 8.17. The highest BCUT2D eigenvalue weighted by molar-refractivity contribution is 7.10. The minimum atomic E-state index is -0.0572. The molecule has 1 N–H and O–H groups in total. The van der Waals surface area contributed by atoms with Crippen LogP contribution in [0.2, 0.25) is 0 Å². The van der Waals surface area contributed by atoms with Gasteiger partial charge in [0.15, 0.2) is 0 Å². The number of aromatic nitrogens is 1. The maximum Gasteiger partial charge on any atom is 0.255 e. The molecule has 1 unspecified atom stereocenters. The predicted octanol–water partition coefficient (Wildman–Crippen LogP) is 3.56. The molecule has 0 saturated carbocycles. The first-order chi connectivity index (χ1) is 12.7. The van der Waals surface area contributed by atoms with Crippen molar-refractivity contribution >= 4 is 23.1 Å². The fourth-order valence-corrected chi connectivity index (χ4v) is 4.37. The van der Waals surface area contributed by atoms with Crippen molar-refractivity contribution < 1.29 is 4.79 Å². The van der Waals surface area contributed by atoms with Crippen LogP contribution in [0.3, 0.4) is 0 Å². The first-order valence-electron chi connectivity index (χ1n) is 9.35. The molecule has 1 aliphatic heterocycles. The summed E-state index contributed by atoms with van der Waals surface area (Å²) in [4.78, 5) is 22.9. The van der Waals surface area contributed by atoms with Crippen LogP contribution < -0.4 is 10.2 Å². The molecule has 6 heteroatoms. The lowest BCUT2D eigenvalue weighted by Gasteiger charge is -2.30. The molecule has 140 valence electrons. The zero-order valence-electron chi connectivity index (χ0n) is 15.6. The molecule has 1 aliphatic rings. The van der Waals surface area contributed by atoms with Crippen LogP contribution in [0.15, 0.2) is 35.8 Å². The number of rotatable bonds is 6. The monoisotopic (exact) mass is 372 g/mol. The molecule has 3 heterocycles. The second-order valence-electron chi connectivity index (χ2n) is 6.96. The Hall–Kier alpha value is -1.92. The molecule has 0 aromatic carbocycles. The molecule has 2 aromatic rings. The summed E-state index contributed by atoms with van der Waals surface area (Å²) >= 11 is 1.77. The van der Waals surface area contributed by atoms with Gasteiger partial charge >= 0.3 is 0 Å². The quantitative estimate of drug-likeness (QED) is 0.842. The van der Waals surface area contributed by atoms with Crippen molar-refractivity contribution in [3.63, 3.8) is 0 Å². The molecule has 3 rings (SSSR count). The molecular weight excluding hydrogens is 344 g/mol. The first kappa shape index (κ1) is 18.9. The van der Waals surface area contributed by atoms with Crippen LogP contribution in [0.5, 0.6) is 0 Å². The first-order valence-corrected chi connectivity index (χ1v) is 10.2. The normalized spacial score (nSPS) is 16.7. The van der Waals surface area contributed by atoms with Gasteiger partial charge in [-0.1, -0.05) is 18.9 Å². The maximum atomic E-state index is 12.8. The van der Waals surface area contributed by atoms with E-state index in [1.165, 1.54) is 30.6 Å². The zero-order chi connectivity index (χ0) is 18.4. The Kier molecular flexibility index (Phi) is 6.63. The summed E-state index contributed by atoms with van der Waals surface area (Å²) in [6.07, 6.45) is 6.81. The Morgan fingerprint density at radius 1 is 1.23 bits per heavy atom. The van der Waals surface area contributed by atoms with E-state index in [0.29, 0.717) is 17.9 Å². The summed E-state index contributed by atoms with van der Waals surface area (Å²) < 4.78 is 0. The topological polar surface area (TPSA) is 48.5 Å². The van der Waals surface area contributed by atoms with Crippen LogP contribution in [0.1, 0.15) is 47.0 Å². The summed E-state index contributed by atoms with van der Waals surface area (Å²) in [6.45, 7) is 2.84. The molecule has 5 nitrogen and oxygen atoms in total. The number of anilines is 1. The molecule has 0 spiro atoms. The number of likely N-dealkylation sites (tertiary alicyclic amines) is 1. The Bertz CT molecular complexity index is 694. The van der Waals surface area contributed by atoms with Gasteiger partial charge < -0.3 is 10.2 Å². The summed E-state index contributed by atoms with van der Waals surface area (Å²) in [5.74, 6) is 0.644. The second kappa shape index (κ2) is 9.14. The van der Waals surface area contributed by atoms with Crippen LogP contribution in [0.4, 0.5) is 5.82 Å². The van der Waals surface area contributed by atoms with Crippen LogP contribution >= 0.6 is 11.3 Å². The SMILES string of the molecule is CN(C)c1ncccc1C(=O)NCC(c1cccs1)N1CCCCCC1. The van der Waals surface area contributed by atoms with E-state index in [4.69, 9.17) is 0 Å². The van der Waals surface area contributed by atoms with Gasteiger partial charge in [0, 0.05) is 31.7 Å². The number of carbonyl (C=O) groups is 1. The molecule has 1 amide bonds. The molecule has 2 aromatic heterocycles. The van der Waals surface area contributed by atoms with E-state index in [0.717, 1.165) is 13.1 Å². The van der Waals surface area contributed by atoms with E-state index >= 15 is 0 Å². The Balaban J connectivity index is 1.72. The lowest BCUT2D eigenvalue weighted by atomic mass is 10.1. The van der Waals surface area contributed by atoms with Gasteiger partial charge in [0.05, 0.1) is 11.6 Å². The van der Waals surface area contributed by atoms with Crippen LogP contribution in [0.25, 0.3) is 0 Å². The second-order valence-corrected chi connectivity index (χ2v) is 7.94. The fourth-order valence-electron chi connectivity index (χ4n) is 3.51. The van der Waals surface area contributed by atoms with Crippen LogP contribution in [-0.2, 0) is 0 Å². The van der Waals surface area contributed by atoms with Gasteiger partial charge in [-0.3, -0.25) is 9.69 Å². The lowest BCUT2D eigenvalue weighted by molar-refractivity contribution is 0.0934. The third-order valence-corrected chi connectivity index (χ3v) is 5.84. The minimum absolute atomic E-state index is 0.0572. The summed E-state index contributed by atoms with van der Waals surface area (Å²) in [5, 5.41) is 5.28. The maximum absolute atomic E-state index is 12.8. The number of carbonyl (C=O) groups excluding carboxylic acids is 1. The third kappa shape index (κ3) is 4.62. The largest absolute Gasteiger partial charge is 0.362 e. The van der Waals surface area contributed by atoms with E-state index in [1.807, 2.05) is 31.1 Å².